The van der Waals surface area contributed by atoms with Gasteiger partial charge in [0.15, 0.2) is 0 Å². The molecule has 2 bridgehead atoms. The number of hydrogen-bond acceptors (Lipinski definition) is 8. The average molecular weight is 543 g/mol. The van der Waals surface area contributed by atoms with Crippen LogP contribution >= 0.6 is 21.6 Å². The largest absolute Gasteiger partial charge is 0.460 e. The van der Waals surface area contributed by atoms with Crippen molar-refractivity contribution in [1.82, 2.24) is 21.3 Å². The number of fused-ring (bicyclic) bond motifs is 7. The molecule has 0 radical (unpaired) electrons. The van der Waals surface area contributed by atoms with Crippen molar-refractivity contribution in [3.05, 3.63) is 11.8 Å². The standard InChI is InChI=1S/C24H38N4O6S2/c1-6-16-21(30)28-20(14(4)5)24(33)34-15-9-7-8-10-35-36-12-17(22(31)25-16)26-23(32)19(13(2)3)27-18(29)11-15/h6,13-15,17,19-20H,7-12H2,1-5H3,(H,25,31)(H,26,32)(H,27,29)(H,28,30)/b16-6-/t15-,17-,19-,20+/m1/s1. The molecular weight excluding hydrogens is 504 g/mol. The first kappa shape index (κ1) is 30.0. The van der Waals surface area contributed by atoms with Crippen LogP contribution in [0.25, 0.3) is 0 Å². The summed E-state index contributed by atoms with van der Waals surface area (Å²) in [5, 5.41) is 10.8. The third-order valence-electron chi connectivity index (χ3n) is 5.91. The van der Waals surface area contributed by atoms with Crippen LogP contribution in [0, 0.1) is 11.8 Å². The third kappa shape index (κ3) is 9.02. The van der Waals surface area contributed by atoms with Crippen LogP contribution in [0.1, 0.15) is 60.3 Å². The molecule has 4 atom stereocenters. The highest BCUT2D eigenvalue weighted by atomic mass is 33.1. The molecule has 2 aliphatic heterocycles. The molecule has 2 saturated heterocycles. The zero-order valence-corrected chi connectivity index (χ0v) is 23.2. The molecule has 202 valence electrons. The highest BCUT2D eigenvalue weighted by Gasteiger charge is 2.34. The Kier molecular flexibility index (Phi) is 12.1. The molecule has 0 unspecified atom stereocenters. The van der Waals surface area contributed by atoms with Crippen LogP contribution in [0.5, 0.6) is 0 Å². The van der Waals surface area contributed by atoms with Crippen LogP contribution in [0.4, 0.5) is 0 Å². The lowest BCUT2D eigenvalue weighted by molar-refractivity contribution is -0.156. The van der Waals surface area contributed by atoms with Gasteiger partial charge in [-0.3, -0.25) is 19.2 Å². The minimum absolute atomic E-state index is 0.0305. The van der Waals surface area contributed by atoms with Crippen molar-refractivity contribution >= 4 is 51.2 Å². The van der Waals surface area contributed by atoms with Gasteiger partial charge in [-0.2, -0.15) is 0 Å². The molecule has 2 rings (SSSR count). The lowest BCUT2D eigenvalue weighted by atomic mass is 10.0. The van der Waals surface area contributed by atoms with Crippen LogP contribution < -0.4 is 21.3 Å². The minimum Gasteiger partial charge on any atom is -0.460 e. The van der Waals surface area contributed by atoms with Crippen molar-refractivity contribution in [3.63, 3.8) is 0 Å². The van der Waals surface area contributed by atoms with Crippen LogP contribution in [0.2, 0.25) is 0 Å². The maximum absolute atomic E-state index is 13.2. The number of nitrogens with one attached hydrogen (secondary N) is 4. The predicted octanol–water partition coefficient (Wildman–Crippen LogP) is 1.65. The predicted molar refractivity (Wildman–Crippen MR) is 141 cm³/mol. The molecule has 2 aliphatic rings. The van der Waals surface area contributed by atoms with Crippen molar-refractivity contribution in [2.75, 3.05) is 11.5 Å². The van der Waals surface area contributed by atoms with Crippen molar-refractivity contribution in [2.24, 2.45) is 11.8 Å². The SMILES string of the molecule is C/C=C1\NC(=O)[C@H]2CSSCCCC[C@H](CC(=O)N[C@H](C(C)C)C(=O)N2)OC(=O)[C@H](C(C)C)NC1=O. The van der Waals surface area contributed by atoms with Crippen molar-refractivity contribution < 1.29 is 28.7 Å². The van der Waals surface area contributed by atoms with Crippen LogP contribution in [0.15, 0.2) is 11.8 Å². The number of allylic oxidation sites excluding steroid dienone is 1. The maximum Gasteiger partial charge on any atom is 0.329 e. The number of carbonyl (C=O) groups is 5. The zero-order valence-electron chi connectivity index (χ0n) is 21.6. The number of amides is 4. The second kappa shape index (κ2) is 14.5. The van der Waals surface area contributed by atoms with E-state index in [1.54, 1.807) is 45.4 Å². The summed E-state index contributed by atoms with van der Waals surface area (Å²) in [5.74, 6) is -2.24. The van der Waals surface area contributed by atoms with E-state index >= 15 is 0 Å². The fraction of sp³-hybridized carbons (Fsp3) is 0.708. The highest BCUT2D eigenvalue weighted by molar-refractivity contribution is 8.76. The molecule has 4 amide bonds. The maximum atomic E-state index is 13.2. The number of hydrogen-bond donors (Lipinski definition) is 4. The van der Waals surface area contributed by atoms with E-state index in [2.05, 4.69) is 21.3 Å². The Bertz CT molecular complexity index is 864. The Balaban J connectivity index is 2.52. The van der Waals surface area contributed by atoms with E-state index in [1.165, 1.54) is 16.9 Å². The molecule has 12 heteroatoms. The van der Waals surface area contributed by atoms with Gasteiger partial charge in [-0.05, 0) is 38.0 Å². The summed E-state index contributed by atoms with van der Waals surface area (Å²) in [6.07, 6.45) is 2.68. The van der Waals surface area contributed by atoms with E-state index in [1.807, 2.05) is 0 Å². The smallest absolute Gasteiger partial charge is 0.329 e. The van der Waals surface area contributed by atoms with Crippen LogP contribution in [-0.2, 0) is 28.7 Å². The van der Waals surface area contributed by atoms with Crippen LogP contribution in [0.3, 0.4) is 0 Å². The van der Waals surface area contributed by atoms with Crippen LogP contribution in [-0.4, -0.2) is 65.3 Å². The van der Waals surface area contributed by atoms with Gasteiger partial charge >= 0.3 is 5.97 Å². The van der Waals surface area contributed by atoms with Gasteiger partial charge in [0.05, 0.1) is 6.42 Å². The van der Waals surface area contributed by atoms with E-state index in [9.17, 15) is 24.0 Å². The Labute approximate surface area is 220 Å². The van der Waals surface area contributed by atoms with E-state index < -0.39 is 53.8 Å². The second-order valence-corrected chi connectivity index (χ2v) is 12.2. The van der Waals surface area contributed by atoms with Crippen molar-refractivity contribution in [3.8, 4) is 0 Å². The number of ether oxygens (including phenoxy) is 1. The summed E-state index contributed by atoms with van der Waals surface area (Å²) >= 11 is 0. The third-order valence-corrected chi connectivity index (χ3v) is 8.41. The van der Waals surface area contributed by atoms with E-state index in [0.717, 1.165) is 18.6 Å². The summed E-state index contributed by atoms with van der Waals surface area (Å²) in [4.78, 5) is 65.3. The van der Waals surface area contributed by atoms with Gasteiger partial charge in [-0.15, -0.1) is 0 Å². The highest BCUT2D eigenvalue weighted by Crippen LogP contribution is 2.25. The molecule has 0 aromatic rings. The monoisotopic (exact) mass is 542 g/mol. The first-order valence-electron chi connectivity index (χ1n) is 12.4. The number of esters is 1. The first-order chi connectivity index (χ1) is 17.0. The Hall–Kier alpha value is -2.21. The van der Waals surface area contributed by atoms with E-state index in [-0.39, 0.29) is 29.7 Å². The normalized spacial score (nSPS) is 29.2. The van der Waals surface area contributed by atoms with Crippen molar-refractivity contribution in [1.29, 1.82) is 0 Å². The van der Waals surface area contributed by atoms with Gasteiger partial charge in [0.25, 0.3) is 5.91 Å². The Morgan fingerprint density at radius 3 is 2.22 bits per heavy atom. The summed E-state index contributed by atoms with van der Waals surface area (Å²) < 4.78 is 5.74. The Morgan fingerprint density at radius 2 is 1.58 bits per heavy atom. The molecule has 0 aromatic carbocycles. The summed E-state index contributed by atoms with van der Waals surface area (Å²) in [6.45, 7) is 8.73. The lowest BCUT2D eigenvalue weighted by Crippen LogP contribution is -2.57. The van der Waals surface area contributed by atoms with Gasteiger partial charge in [-0.25, -0.2) is 4.79 Å². The second-order valence-electron chi connectivity index (χ2n) is 9.60. The van der Waals surface area contributed by atoms with E-state index in [4.69, 9.17) is 4.74 Å². The molecule has 0 aliphatic carbocycles. The molecule has 10 nitrogen and oxygen atoms in total. The topological polar surface area (TPSA) is 143 Å². The summed E-state index contributed by atoms with van der Waals surface area (Å²) in [5.41, 5.74) is -0.0305. The first-order valence-corrected chi connectivity index (χ1v) is 14.8. The molecule has 0 saturated carbocycles. The fourth-order valence-corrected chi connectivity index (χ4v) is 6.07. The number of rotatable bonds is 2. The Morgan fingerprint density at radius 1 is 0.889 bits per heavy atom. The zero-order chi connectivity index (χ0) is 26.8. The lowest BCUT2D eigenvalue weighted by Gasteiger charge is -2.28. The van der Waals surface area contributed by atoms with Gasteiger partial charge in [0.1, 0.15) is 29.9 Å². The number of carbonyl (C=O) groups excluding carboxylic acids is 5. The van der Waals surface area contributed by atoms with Gasteiger partial charge in [0, 0.05) is 11.5 Å². The molecule has 4 N–H and O–H groups in total. The molecule has 2 fully saturated rings. The fourth-order valence-electron chi connectivity index (χ4n) is 3.76. The quantitative estimate of drug-likeness (QED) is 0.234. The summed E-state index contributed by atoms with van der Waals surface area (Å²) in [6, 6.07) is -2.79. The minimum atomic E-state index is -0.969. The molecule has 0 spiro atoms. The van der Waals surface area contributed by atoms with Gasteiger partial charge < -0.3 is 26.0 Å². The van der Waals surface area contributed by atoms with Crippen molar-refractivity contribution in [2.45, 2.75) is 84.5 Å². The molecular formula is C24H38N4O6S2. The van der Waals surface area contributed by atoms with E-state index in [0.29, 0.717) is 6.42 Å². The van der Waals surface area contributed by atoms with Gasteiger partial charge in [0.2, 0.25) is 17.7 Å². The van der Waals surface area contributed by atoms with Gasteiger partial charge in [-0.1, -0.05) is 55.4 Å². The molecule has 2 heterocycles. The molecule has 36 heavy (non-hydrogen) atoms. The molecule has 0 aromatic heterocycles. The average Bonchev–Trinajstić information content (AvgIpc) is 2.81. The summed E-state index contributed by atoms with van der Waals surface area (Å²) in [7, 11) is 3.03.